The number of carbonyl (C=O) groups is 4. The first kappa shape index (κ1) is 27.2. The van der Waals surface area contributed by atoms with Crippen LogP contribution in [0.5, 0.6) is 5.75 Å². The molecule has 12 nitrogen and oxygen atoms in total. The van der Waals surface area contributed by atoms with Gasteiger partial charge >= 0.3 is 11.6 Å². The van der Waals surface area contributed by atoms with Crippen molar-refractivity contribution in [2.45, 2.75) is 45.6 Å². The lowest BCUT2D eigenvalue weighted by Crippen LogP contribution is -2.33. The van der Waals surface area contributed by atoms with Gasteiger partial charge in [0.25, 0.3) is 23.4 Å². The van der Waals surface area contributed by atoms with E-state index in [9.17, 15) is 34.1 Å². The summed E-state index contributed by atoms with van der Waals surface area (Å²) in [4.78, 5) is 73.3. The zero-order valence-corrected chi connectivity index (χ0v) is 21.2. The molecule has 0 aliphatic carbocycles. The highest BCUT2D eigenvalue weighted by atomic mass is 16.6. The van der Waals surface area contributed by atoms with Crippen LogP contribution in [0.3, 0.4) is 0 Å². The Kier molecular flexibility index (Phi) is 7.84. The van der Waals surface area contributed by atoms with E-state index in [1.807, 2.05) is 0 Å². The maximum absolute atomic E-state index is 12.6. The van der Waals surface area contributed by atoms with E-state index in [1.54, 1.807) is 19.9 Å². The maximum atomic E-state index is 12.6. The summed E-state index contributed by atoms with van der Waals surface area (Å²) in [6.45, 7) is 3.61. The molecule has 2 aromatic carbocycles. The number of rotatable bonds is 10. The third kappa shape index (κ3) is 5.84. The fourth-order valence-electron chi connectivity index (χ4n) is 4.22. The number of imide groups is 1. The minimum atomic E-state index is -0.809. The fraction of sp³-hybridized carbons (Fsp3) is 0.296. The standard InChI is InChI=1S/C27H25N3O9/c1-15(2)28-24(32)19-13-16-10-11-17(14-21(16)39-27(19)35)38-22(31)9-4-3-5-12-29-25(33)18-7-6-8-20(30(36)37)23(18)26(29)34/h6-8,10-11,13-15H,3-5,9,12H2,1-2H3,(H,28,32). The van der Waals surface area contributed by atoms with Crippen LogP contribution in [0.2, 0.25) is 0 Å². The molecule has 4 rings (SSSR count). The molecule has 0 fully saturated rings. The minimum absolute atomic E-state index is 0.0130. The number of unbranched alkanes of at least 4 members (excludes halogenated alkanes) is 2. The monoisotopic (exact) mass is 535 g/mol. The van der Waals surface area contributed by atoms with E-state index in [1.165, 1.54) is 36.4 Å². The van der Waals surface area contributed by atoms with Crippen LogP contribution >= 0.6 is 0 Å². The van der Waals surface area contributed by atoms with Crippen LogP contribution in [0.25, 0.3) is 11.0 Å². The molecule has 2 heterocycles. The molecule has 12 heteroatoms. The third-order valence-corrected chi connectivity index (χ3v) is 6.04. The molecule has 3 amide bonds. The number of nitrogens with zero attached hydrogens (tertiary/aromatic N) is 2. The molecule has 0 saturated carbocycles. The van der Waals surface area contributed by atoms with E-state index in [4.69, 9.17) is 9.15 Å². The number of hydrogen-bond acceptors (Lipinski definition) is 9. The average Bonchev–Trinajstić information content (AvgIpc) is 3.12. The van der Waals surface area contributed by atoms with Crippen LogP contribution in [-0.2, 0) is 4.79 Å². The van der Waals surface area contributed by atoms with E-state index < -0.39 is 39.9 Å². The summed E-state index contributed by atoms with van der Waals surface area (Å²) in [7, 11) is 0. The summed E-state index contributed by atoms with van der Waals surface area (Å²) in [5.41, 5.74) is -1.36. The van der Waals surface area contributed by atoms with E-state index >= 15 is 0 Å². The molecule has 202 valence electrons. The second-order valence-corrected chi connectivity index (χ2v) is 9.28. The Balaban J connectivity index is 1.28. The summed E-state index contributed by atoms with van der Waals surface area (Å²) in [6, 6.07) is 9.68. The predicted octanol–water partition coefficient (Wildman–Crippen LogP) is 3.60. The van der Waals surface area contributed by atoms with Gasteiger partial charge < -0.3 is 14.5 Å². The topological polar surface area (TPSA) is 166 Å². The van der Waals surface area contributed by atoms with Gasteiger partial charge in [-0.3, -0.25) is 34.2 Å². The van der Waals surface area contributed by atoms with Crippen LogP contribution in [-0.4, -0.2) is 46.1 Å². The van der Waals surface area contributed by atoms with Crippen molar-refractivity contribution < 1.29 is 33.3 Å². The Labute approximate surface area is 221 Å². The maximum Gasteiger partial charge on any atom is 0.349 e. The predicted molar refractivity (Wildman–Crippen MR) is 138 cm³/mol. The van der Waals surface area contributed by atoms with Crippen molar-refractivity contribution in [3.63, 3.8) is 0 Å². The SMILES string of the molecule is CC(C)NC(=O)c1cc2ccc(OC(=O)CCCCCN3C(=O)c4cccc([N+](=O)[O-])c4C3=O)cc2oc1=O. The van der Waals surface area contributed by atoms with E-state index in [-0.39, 0.29) is 47.0 Å². The van der Waals surface area contributed by atoms with Crippen LogP contribution in [0.1, 0.15) is 70.6 Å². The number of amides is 3. The van der Waals surface area contributed by atoms with Gasteiger partial charge in [-0.2, -0.15) is 0 Å². The summed E-state index contributed by atoms with van der Waals surface area (Å²) < 4.78 is 10.6. The third-order valence-electron chi connectivity index (χ3n) is 6.04. The number of nitrogens with one attached hydrogen (secondary N) is 1. The van der Waals surface area contributed by atoms with Gasteiger partial charge in [0.15, 0.2) is 0 Å². The lowest BCUT2D eigenvalue weighted by molar-refractivity contribution is -0.385. The quantitative estimate of drug-likeness (QED) is 0.0776. The second-order valence-electron chi connectivity index (χ2n) is 9.28. The molecule has 0 saturated heterocycles. The number of esters is 1. The highest BCUT2D eigenvalue weighted by Crippen LogP contribution is 2.31. The van der Waals surface area contributed by atoms with Gasteiger partial charge in [0.2, 0.25) is 0 Å². The Morgan fingerprint density at radius 3 is 2.54 bits per heavy atom. The second kappa shape index (κ2) is 11.3. The highest BCUT2D eigenvalue weighted by molar-refractivity contribution is 6.23. The molecule has 39 heavy (non-hydrogen) atoms. The minimum Gasteiger partial charge on any atom is -0.426 e. The Bertz CT molecular complexity index is 1560. The van der Waals surface area contributed by atoms with Crippen LogP contribution in [0, 0.1) is 10.1 Å². The van der Waals surface area contributed by atoms with Crippen molar-refractivity contribution >= 4 is 40.3 Å². The molecule has 1 aliphatic rings. The largest absolute Gasteiger partial charge is 0.426 e. The van der Waals surface area contributed by atoms with Gasteiger partial charge in [-0.1, -0.05) is 12.5 Å². The van der Waals surface area contributed by atoms with Crippen molar-refractivity contribution in [1.82, 2.24) is 10.2 Å². The van der Waals surface area contributed by atoms with Crippen LogP contribution in [0.4, 0.5) is 5.69 Å². The van der Waals surface area contributed by atoms with Gasteiger partial charge in [-0.15, -0.1) is 0 Å². The van der Waals surface area contributed by atoms with Gasteiger partial charge in [-0.25, -0.2) is 4.79 Å². The van der Waals surface area contributed by atoms with Crippen molar-refractivity contribution in [2.24, 2.45) is 0 Å². The normalized spacial score (nSPS) is 12.6. The van der Waals surface area contributed by atoms with Gasteiger partial charge in [0, 0.05) is 36.5 Å². The first-order valence-corrected chi connectivity index (χ1v) is 12.3. The lowest BCUT2D eigenvalue weighted by atomic mass is 10.1. The Morgan fingerprint density at radius 1 is 1.05 bits per heavy atom. The Hall–Kier alpha value is -4.87. The number of hydrogen-bond donors (Lipinski definition) is 1. The van der Waals surface area contributed by atoms with Crippen molar-refractivity contribution in [2.75, 3.05) is 6.54 Å². The molecule has 3 aromatic rings. The van der Waals surface area contributed by atoms with Gasteiger partial charge in [-0.05, 0) is 51.0 Å². The zero-order chi connectivity index (χ0) is 28.3. The first-order valence-electron chi connectivity index (χ1n) is 12.3. The Morgan fingerprint density at radius 2 is 1.82 bits per heavy atom. The summed E-state index contributed by atoms with van der Waals surface area (Å²) in [5.74, 6) is -2.17. The van der Waals surface area contributed by atoms with Crippen molar-refractivity contribution in [3.8, 4) is 5.75 Å². The molecule has 0 bridgehead atoms. The fourth-order valence-corrected chi connectivity index (χ4v) is 4.22. The molecular formula is C27H25N3O9. The molecule has 0 spiro atoms. The molecular weight excluding hydrogens is 510 g/mol. The molecule has 0 radical (unpaired) electrons. The molecule has 1 aliphatic heterocycles. The molecule has 0 unspecified atom stereocenters. The first-order chi connectivity index (χ1) is 18.6. The lowest BCUT2D eigenvalue weighted by Gasteiger charge is -2.13. The van der Waals surface area contributed by atoms with Crippen molar-refractivity contribution in [3.05, 3.63) is 79.7 Å². The molecule has 1 N–H and O–H groups in total. The van der Waals surface area contributed by atoms with Crippen LogP contribution < -0.4 is 15.7 Å². The van der Waals surface area contributed by atoms with Crippen molar-refractivity contribution in [1.29, 1.82) is 0 Å². The summed E-state index contributed by atoms with van der Waals surface area (Å²) >= 11 is 0. The molecule has 1 aromatic heterocycles. The van der Waals surface area contributed by atoms with E-state index in [2.05, 4.69) is 5.32 Å². The van der Waals surface area contributed by atoms with Gasteiger partial charge in [0.1, 0.15) is 22.5 Å². The smallest absolute Gasteiger partial charge is 0.349 e. The number of fused-ring (bicyclic) bond motifs is 2. The highest BCUT2D eigenvalue weighted by Gasteiger charge is 2.40. The van der Waals surface area contributed by atoms with E-state index in [0.717, 1.165) is 4.90 Å². The number of nitro benzene ring substituents is 1. The number of benzene rings is 2. The van der Waals surface area contributed by atoms with Crippen LogP contribution in [0.15, 0.2) is 51.7 Å². The average molecular weight is 536 g/mol. The zero-order valence-electron chi connectivity index (χ0n) is 21.2. The summed E-state index contributed by atoms with van der Waals surface area (Å²) in [5, 5.41) is 14.3. The number of nitro groups is 1. The molecule has 0 atom stereocenters. The summed E-state index contributed by atoms with van der Waals surface area (Å²) in [6.07, 6.45) is 1.38. The number of carbonyl (C=O) groups excluding carboxylic acids is 4. The van der Waals surface area contributed by atoms with E-state index in [0.29, 0.717) is 24.6 Å². The number of ether oxygens (including phenoxy) is 1. The van der Waals surface area contributed by atoms with Gasteiger partial charge in [0.05, 0.1) is 10.5 Å².